The van der Waals surface area contributed by atoms with E-state index in [0.29, 0.717) is 0 Å². The zero-order valence-corrected chi connectivity index (χ0v) is 21.3. The fourth-order valence-corrected chi connectivity index (χ4v) is 1.88. The summed E-state index contributed by atoms with van der Waals surface area (Å²) in [5.41, 5.74) is 0. The van der Waals surface area contributed by atoms with Crippen LogP contribution in [-0.4, -0.2) is 29.9 Å². The molecule has 0 amide bonds. The van der Waals surface area contributed by atoms with Gasteiger partial charge in [0.1, 0.15) is 0 Å². The van der Waals surface area contributed by atoms with Crippen molar-refractivity contribution in [1.82, 2.24) is 29.9 Å². The van der Waals surface area contributed by atoms with Gasteiger partial charge in [0, 0.05) is 90.9 Å². The predicted molar refractivity (Wildman–Crippen MR) is 145 cm³/mol. The van der Waals surface area contributed by atoms with Crippen LogP contribution in [0, 0.1) is 0 Å². The molecule has 0 saturated heterocycles. The van der Waals surface area contributed by atoms with E-state index in [1.807, 2.05) is 109 Å². The minimum Gasteiger partial charge on any atom is -0.265 e. The van der Waals surface area contributed by atoms with Crippen LogP contribution < -0.4 is 0 Å². The van der Waals surface area contributed by atoms with Crippen LogP contribution in [0.3, 0.4) is 0 Å². The van der Waals surface area contributed by atoms with Crippen LogP contribution in [0.15, 0.2) is 184 Å². The van der Waals surface area contributed by atoms with Gasteiger partial charge in [-0.05, 0) is 72.8 Å². The molecule has 6 aromatic heterocycles. The number of aromatic nitrogens is 6. The van der Waals surface area contributed by atoms with Gasteiger partial charge < -0.3 is 0 Å². The van der Waals surface area contributed by atoms with Gasteiger partial charge in [0.2, 0.25) is 0 Å². The molecule has 7 heteroatoms. The van der Waals surface area contributed by atoms with E-state index in [1.165, 1.54) is 0 Å². The Morgan fingerprint density at radius 1 is 0.162 bits per heavy atom. The summed E-state index contributed by atoms with van der Waals surface area (Å²) in [5, 5.41) is 0. The van der Waals surface area contributed by atoms with Gasteiger partial charge in [-0.15, -0.1) is 0 Å². The van der Waals surface area contributed by atoms with Gasteiger partial charge in [-0.3, -0.25) is 29.9 Å². The molecule has 190 valence electrons. The first-order valence-electron chi connectivity index (χ1n) is 11.1. The van der Waals surface area contributed by atoms with Gasteiger partial charge in [-0.2, -0.15) is 0 Å². The Bertz CT molecular complexity index is 706. The van der Waals surface area contributed by atoms with Gasteiger partial charge in [-0.25, -0.2) is 0 Å². The summed E-state index contributed by atoms with van der Waals surface area (Å²) >= 11 is 0. The SMILES string of the molecule is [Ni].c1ccncc1.c1ccncc1.c1ccncc1.c1ccncc1.c1ccncc1.c1ccncc1. The molecule has 0 bridgehead atoms. The average molecular weight is 533 g/mol. The molecule has 0 atom stereocenters. The summed E-state index contributed by atoms with van der Waals surface area (Å²) in [5.74, 6) is 0. The van der Waals surface area contributed by atoms with Crippen molar-refractivity contribution in [3.8, 4) is 0 Å². The zero-order valence-electron chi connectivity index (χ0n) is 20.3. The Morgan fingerprint density at radius 2 is 0.270 bits per heavy atom. The normalized spacial score (nSPS) is 7.78. The molecule has 0 aliphatic carbocycles. The first kappa shape index (κ1) is 32.4. The molecule has 6 heterocycles. The molecule has 6 aromatic rings. The summed E-state index contributed by atoms with van der Waals surface area (Å²) in [6.07, 6.45) is 21.0. The van der Waals surface area contributed by atoms with E-state index in [4.69, 9.17) is 0 Å². The number of pyridine rings is 6. The second kappa shape index (κ2) is 29.4. The Balaban J connectivity index is 0.000000418. The van der Waals surface area contributed by atoms with Crippen LogP contribution in [0.5, 0.6) is 0 Å². The van der Waals surface area contributed by atoms with E-state index in [1.54, 1.807) is 74.4 Å². The van der Waals surface area contributed by atoms with Crippen molar-refractivity contribution in [2.24, 2.45) is 0 Å². The summed E-state index contributed by atoms with van der Waals surface area (Å²) < 4.78 is 0. The fraction of sp³-hybridized carbons (Fsp3) is 0. The topological polar surface area (TPSA) is 77.3 Å². The second-order valence-electron chi connectivity index (χ2n) is 6.15. The smallest absolute Gasteiger partial charge is 0.0267 e. The molecule has 0 unspecified atom stereocenters. The molecule has 0 saturated carbocycles. The second-order valence-corrected chi connectivity index (χ2v) is 6.15. The molecule has 0 aliphatic rings. The number of rotatable bonds is 0. The van der Waals surface area contributed by atoms with Gasteiger partial charge >= 0.3 is 0 Å². The molecule has 6 nitrogen and oxygen atoms in total. The van der Waals surface area contributed by atoms with Gasteiger partial charge in [0.15, 0.2) is 0 Å². The van der Waals surface area contributed by atoms with Crippen LogP contribution >= 0.6 is 0 Å². The maximum atomic E-state index is 3.78. The monoisotopic (exact) mass is 532 g/mol. The van der Waals surface area contributed by atoms with Crippen molar-refractivity contribution in [2.75, 3.05) is 0 Å². The number of hydrogen-bond acceptors (Lipinski definition) is 6. The minimum atomic E-state index is 0. The molecular formula is C30H30N6Ni. The molecule has 6 rings (SSSR count). The van der Waals surface area contributed by atoms with Crippen molar-refractivity contribution in [3.05, 3.63) is 184 Å². The minimum absolute atomic E-state index is 0. The first-order valence-corrected chi connectivity index (χ1v) is 11.1. The average Bonchev–Trinajstić information content (AvgIpc) is 3.04. The van der Waals surface area contributed by atoms with E-state index in [0.717, 1.165) is 0 Å². The van der Waals surface area contributed by atoms with E-state index < -0.39 is 0 Å². The third kappa shape index (κ3) is 27.5. The molecule has 0 radical (unpaired) electrons. The molecule has 0 aromatic carbocycles. The van der Waals surface area contributed by atoms with E-state index in [2.05, 4.69) is 29.9 Å². The van der Waals surface area contributed by atoms with Crippen LogP contribution in [0.1, 0.15) is 0 Å². The predicted octanol–water partition coefficient (Wildman–Crippen LogP) is 6.49. The zero-order chi connectivity index (χ0) is 25.5. The summed E-state index contributed by atoms with van der Waals surface area (Å²) in [6.45, 7) is 0. The van der Waals surface area contributed by atoms with E-state index in [-0.39, 0.29) is 16.5 Å². The maximum Gasteiger partial charge on any atom is 0.0267 e. The largest absolute Gasteiger partial charge is 0.265 e. The van der Waals surface area contributed by atoms with Gasteiger partial charge in [0.05, 0.1) is 0 Å². The van der Waals surface area contributed by atoms with Crippen molar-refractivity contribution < 1.29 is 16.5 Å². The summed E-state index contributed by atoms with van der Waals surface area (Å²) in [4.78, 5) is 22.7. The Hall–Kier alpha value is -4.61. The molecule has 0 aliphatic heterocycles. The molecular weight excluding hydrogens is 503 g/mol. The summed E-state index contributed by atoms with van der Waals surface area (Å²) in [6, 6.07) is 34.3. The fourth-order valence-electron chi connectivity index (χ4n) is 1.88. The maximum absolute atomic E-state index is 3.78. The third-order valence-electron chi connectivity index (χ3n) is 3.40. The first-order chi connectivity index (χ1) is 18.0. The summed E-state index contributed by atoms with van der Waals surface area (Å²) in [7, 11) is 0. The molecule has 0 fully saturated rings. The van der Waals surface area contributed by atoms with Crippen LogP contribution in [0.25, 0.3) is 0 Å². The molecule has 0 N–H and O–H groups in total. The quantitative estimate of drug-likeness (QED) is 0.208. The van der Waals surface area contributed by atoms with Crippen molar-refractivity contribution in [1.29, 1.82) is 0 Å². The Kier molecular flexibility index (Phi) is 25.8. The van der Waals surface area contributed by atoms with Crippen LogP contribution in [0.4, 0.5) is 0 Å². The van der Waals surface area contributed by atoms with E-state index in [9.17, 15) is 0 Å². The molecule has 37 heavy (non-hydrogen) atoms. The van der Waals surface area contributed by atoms with Crippen LogP contribution in [-0.2, 0) is 16.5 Å². The molecule has 0 spiro atoms. The van der Waals surface area contributed by atoms with E-state index >= 15 is 0 Å². The van der Waals surface area contributed by atoms with Crippen molar-refractivity contribution in [3.63, 3.8) is 0 Å². The third-order valence-corrected chi connectivity index (χ3v) is 3.40. The van der Waals surface area contributed by atoms with Gasteiger partial charge in [0.25, 0.3) is 0 Å². The van der Waals surface area contributed by atoms with Gasteiger partial charge in [-0.1, -0.05) is 36.4 Å². The standard InChI is InChI=1S/6C5H5N.Ni/c6*1-2-4-6-5-3-1;/h6*1-5H;. The number of hydrogen-bond donors (Lipinski definition) is 0. The van der Waals surface area contributed by atoms with Crippen LogP contribution in [0.2, 0.25) is 0 Å². The van der Waals surface area contributed by atoms with Crippen molar-refractivity contribution >= 4 is 0 Å². The Morgan fingerprint density at radius 3 is 0.297 bits per heavy atom. The van der Waals surface area contributed by atoms with Crippen molar-refractivity contribution in [2.45, 2.75) is 0 Å². The number of nitrogens with zero attached hydrogens (tertiary/aromatic N) is 6. The Labute approximate surface area is 229 Å².